The minimum atomic E-state index is -0.729. The number of hydrogen-bond donors (Lipinski definition) is 1. The maximum atomic E-state index is 12.2. The Morgan fingerprint density at radius 3 is 2.83 bits per heavy atom. The molecule has 0 aromatic carbocycles. The topological polar surface area (TPSA) is 80.0 Å². The van der Waals surface area contributed by atoms with Crippen molar-refractivity contribution in [1.82, 2.24) is 4.90 Å². The van der Waals surface area contributed by atoms with Crippen LogP contribution in [0.5, 0.6) is 0 Å². The van der Waals surface area contributed by atoms with E-state index in [1.165, 1.54) is 18.3 Å². The van der Waals surface area contributed by atoms with E-state index in [4.69, 9.17) is 4.42 Å². The van der Waals surface area contributed by atoms with Crippen LogP contribution in [-0.2, 0) is 9.53 Å². The molecule has 1 amide bonds. The molecule has 1 aromatic rings. The number of esters is 1. The predicted molar refractivity (Wildman–Crippen MR) is 60.9 cm³/mol. The van der Waals surface area contributed by atoms with Gasteiger partial charge in [-0.15, -0.1) is 0 Å². The molecule has 1 aliphatic rings. The fraction of sp³-hybridized carbons (Fsp3) is 0.500. The maximum Gasteiger partial charge on any atom is 0.328 e. The zero-order chi connectivity index (χ0) is 13.3. The van der Waals surface area contributed by atoms with Gasteiger partial charge in [-0.3, -0.25) is 4.79 Å². The first-order chi connectivity index (χ1) is 8.52. The van der Waals surface area contributed by atoms with Crippen molar-refractivity contribution in [2.24, 2.45) is 0 Å². The Hall–Kier alpha value is -1.82. The summed E-state index contributed by atoms with van der Waals surface area (Å²) in [6, 6.07) is 0.870. The van der Waals surface area contributed by atoms with E-state index in [0.29, 0.717) is 11.3 Å². The van der Waals surface area contributed by atoms with Crippen LogP contribution in [0.1, 0.15) is 22.5 Å². The molecule has 1 N–H and O–H groups in total. The molecule has 2 rings (SSSR count). The van der Waals surface area contributed by atoms with Gasteiger partial charge in [0.05, 0.1) is 18.8 Å². The molecule has 0 saturated carbocycles. The molecule has 2 atom stereocenters. The molecule has 1 saturated heterocycles. The quantitative estimate of drug-likeness (QED) is 0.768. The van der Waals surface area contributed by atoms with Gasteiger partial charge in [0.25, 0.3) is 5.91 Å². The van der Waals surface area contributed by atoms with Crippen LogP contribution in [-0.4, -0.2) is 47.7 Å². The van der Waals surface area contributed by atoms with Gasteiger partial charge in [0.1, 0.15) is 18.1 Å². The number of hydrogen-bond acceptors (Lipinski definition) is 5. The summed E-state index contributed by atoms with van der Waals surface area (Å²) in [6.07, 6.45) is 0.845. The number of amides is 1. The van der Waals surface area contributed by atoms with Crippen LogP contribution in [0.4, 0.5) is 0 Å². The highest BCUT2D eigenvalue weighted by atomic mass is 16.5. The maximum absolute atomic E-state index is 12.2. The van der Waals surface area contributed by atoms with Crippen molar-refractivity contribution in [3.8, 4) is 0 Å². The summed E-state index contributed by atoms with van der Waals surface area (Å²) in [4.78, 5) is 25.1. The first kappa shape index (κ1) is 12.6. The number of aliphatic hydroxyl groups excluding tert-OH is 1. The summed E-state index contributed by atoms with van der Waals surface area (Å²) in [6.45, 7) is 1.86. The van der Waals surface area contributed by atoms with E-state index in [1.807, 2.05) is 0 Å². The number of ether oxygens (including phenoxy) is 1. The smallest absolute Gasteiger partial charge is 0.328 e. The number of β-amino-alcohol motifs (C(OH)–C–C–N with tert-alkyl or cyclic N) is 1. The van der Waals surface area contributed by atoms with Crippen LogP contribution in [0.15, 0.2) is 16.7 Å². The lowest BCUT2D eigenvalue weighted by atomic mass is 10.2. The van der Waals surface area contributed by atoms with Crippen molar-refractivity contribution < 1.29 is 23.8 Å². The van der Waals surface area contributed by atoms with Crippen LogP contribution >= 0.6 is 0 Å². The number of carbonyl (C=O) groups is 2. The highest BCUT2D eigenvalue weighted by Crippen LogP contribution is 2.22. The molecule has 2 heterocycles. The Kier molecular flexibility index (Phi) is 3.38. The zero-order valence-electron chi connectivity index (χ0n) is 10.3. The minimum Gasteiger partial charge on any atom is -0.469 e. The second-order valence-corrected chi connectivity index (χ2v) is 4.33. The highest BCUT2D eigenvalue weighted by Gasteiger charge is 2.40. The molecule has 0 spiro atoms. The van der Waals surface area contributed by atoms with Crippen molar-refractivity contribution in [2.75, 3.05) is 13.7 Å². The van der Waals surface area contributed by atoms with E-state index in [9.17, 15) is 14.7 Å². The fourth-order valence-corrected chi connectivity index (χ4v) is 2.12. The summed E-state index contributed by atoms with van der Waals surface area (Å²) in [7, 11) is 1.26. The average molecular weight is 253 g/mol. The number of furan rings is 1. The fourth-order valence-electron chi connectivity index (χ4n) is 2.12. The summed E-state index contributed by atoms with van der Waals surface area (Å²) in [5, 5.41) is 9.59. The summed E-state index contributed by atoms with van der Waals surface area (Å²) >= 11 is 0. The van der Waals surface area contributed by atoms with Gasteiger partial charge in [-0.05, 0) is 13.0 Å². The number of carbonyl (C=O) groups excluding carboxylic acids is 2. The normalized spacial score (nSPS) is 23.2. The van der Waals surface area contributed by atoms with Crippen LogP contribution in [0.2, 0.25) is 0 Å². The van der Waals surface area contributed by atoms with Crippen LogP contribution in [0, 0.1) is 6.92 Å². The third-order valence-corrected chi connectivity index (χ3v) is 2.99. The molecule has 0 radical (unpaired) electrons. The number of rotatable bonds is 2. The molecule has 1 fully saturated rings. The number of aliphatic hydroxyl groups is 1. The first-order valence-electron chi connectivity index (χ1n) is 5.65. The first-order valence-corrected chi connectivity index (χ1v) is 5.65. The van der Waals surface area contributed by atoms with Gasteiger partial charge < -0.3 is 19.2 Å². The third kappa shape index (κ3) is 2.24. The van der Waals surface area contributed by atoms with Crippen molar-refractivity contribution >= 4 is 11.9 Å². The number of aryl methyl sites for hydroxylation is 1. The lowest BCUT2D eigenvalue weighted by Gasteiger charge is -2.21. The number of methoxy groups -OCH3 is 1. The van der Waals surface area contributed by atoms with Crippen molar-refractivity contribution in [1.29, 1.82) is 0 Å². The van der Waals surface area contributed by atoms with Gasteiger partial charge in [0.15, 0.2) is 0 Å². The molecule has 6 heteroatoms. The van der Waals surface area contributed by atoms with E-state index in [1.54, 1.807) is 13.0 Å². The van der Waals surface area contributed by atoms with Gasteiger partial charge in [-0.25, -0.2) is 4.79 Å². The minimum absolute atomic E-state index is 0.128. The SMILES string of the molecule is COC(=O)C1CC(O)CN1C(=O)c1coc(C)c1. The van der Waals surface area contributed by atoms with Gasteiger partial charge in [-0.1, -0.05) is 0 Å². The molecule has 0 bridgehead atoms. The standard InChI is InChI=1S/C12H15NO5/c1-7-3-8(6-18-7)11(15)13-5-9(14)4-10(13)12(16)17-2/h3,6,9-10,14H,4-5H2,1-2H3. The van der Waals surface area contributed by atoms with E-state index in [0.717, 1.165) is 0 Å². The second kappa shape index (κ2) is 4.81. The van der Waals surface area contributed by atoms with Gasteiger partial charge in [0.2, 0.25) is 0 Å². The van der Waals surface area contributed by atoms with E-state index in [2.05, 4.69) is 4.74 Å². The summed E-state index contributed by atoms with van der Waals surface area (Å²) < 4.78 is 9.70. The van der Waals surface area contributed by atoms with Gasteiger partial charge in [0, 0.05) is 13.0 Å². The molecule has 98 valence electrons. The summed E-state index contributed by atoms with van der Waals surface area (Å²) in [5.41, 5.74) is 0.371. The Labute approximate surface area is 104 Å². The second-order valence-electron chi connectivity index (χ2n) is 4.33. The largest absolute Gasteiger partial charge is 0.469 e. The average Bonchev–Trinajstić information content (AvgIpc) is 2.93. The van der Waals surface area contributed by atoms with Gasteiger partial charge in [-0.2, -0.15) is 0 Å². The Morgan fingerprint density at radius 2 is 2.28 bits per heavy atom. The van der Waals surface area contributed by atoms with E-state index >= 15 is 0 Å². The molecule has 1 aliphatic heterocycles. The van der Waals surface area contributed by atoms with Crippen LogP contribution < -0.4 is 0 Å². The third-order valence-electron chi connectivity index (χ3n) is 2.99. The number of likely N-dealkylation sites (tertiary alicyclic amines) is 1. The Balaban J connectivity index is 2.20. The molecule has 1 aromatic heterocycles. The molecule has 6 nitrogen and oxygen atoms in total. The Bertz CT molecular complexity index is 467. The molecule has 0 aliphatic carbocycles. The predicted octanol–water partition coefficient (Wildman–Crippen LogP) is 0.336. The number of nitrogens with zero attached hydrogens (tertiary/aromatic N) is 1. The molecule has 2 unspecified atom stereocenters. The van der Waals surface area contributed by atoms with Crippen molar-refractivity contribution in [2.45, 2.75) is 25.5 Å². The highest BCUT2D eigenvalue weighted by molar-refractivity contribution is 5.97. The van der Waals surface area contributed by atoms with Gasteiger partial charge >= 0.3 is 5.97 Å². The van der Waals surface area contributed by atoms with Crippen LogP contribution in [0.25, 0.3) is 0 Å². The lowest BCUT2D eigenvalue weighted by Crippen LogP contribution is -2.41. The summed E-state index contributed by atoms with van der Waals surface area (Å²) in [5.74, 6) is -0.230. The zero-order valence-corrected chi connectivity index (χ0v) is 10.3. The van der Waals surface area contributed by atoms with Crippen molar-refractivity contribution in [3.05, 3.63) is 23.7 Å². The van der Waals surface area contributed by atoms with E-state index in [-0.39, 0.29) is 18.9 Å². The molecular formula is C12H15NO5. The van der Waals surface area contributed by atoms with Crippen molar-refractivity contribution in [3.63, 3.8) is 0 Å². The lowest BCUT2D eigenvalue weighted by molar-refractivity contribution is -0.145. The van der Waals surface area contributed by atoms with Crippen LogP contribution in [0.3, 0.4) is 0 Å². The molecular weight excluding hydrogens is 238 g/mol. The van der Waals surface area contributed by atoms with E-state index < -0.39 is 18.1 Å². The molecule has 18 heavy (non-hydrogen) atoms. The monoisotopic (exact) mass is 253 g/mol. The Morgan fingerprint density at radius 1 is 1.56 bits per heavy atom.